The third-order valence-corrected chi connectivity index (χ3v) is 6.88. The van der Waals surface area contributed by atoms with Crippen LogP contribution in [0.25, 0.3) is 0 Å². The van der Waals surface area contributed by atoms with E-state index in [0.717, 1.165) is 21.1 Å². The van der Waals surface area contributed by atoms with Crippen LogP contribution < -0.4 is 0 Å². The molecule has 7 heteroatoms. The number of carbonyl (C=O) groups excluding carboxylic acids is 4. The molecule has 3 amide bonds. The molecule has 1 aliphatic heterocycles. The van der Waals surface area contributed by atoms with E-state index in [1.54, 1.807) is 30.3 Å². The van der Waals surface area contributed by atoms with Gasteiger partial charge in [0.2, 0.25) is 0 Å². The Hall–Kier alpha value is -3.25. The van der Waals surface area contributed by atoms with Gasteiger partial charge in [-0.05, 0) is 55.5 Å². The van der Waals surface area contributed by atoms with E-state index in [2.05, 4.69) is 0 Å². The summed E-state index contributed by atoms with van der Waals surface area (Å²) in [7, 11) is 0. The molecule has 6 nitrogen and oxygen atoms in total. The molecule has 0 bridgehead atoms. The minimum Gasteiger partial charge on any atom is -0.292 e. The number of nitrogens with zero attached hydrogens (tertiary/aromatic N) is 2. The van der Waals surface area contributed by atoms with Crippen LogP contribution in [0.4, 0.5) is 0 Å². The van der Waals surface area contributed by atoms with Gasteiger partial charge in [0.1, 0.15) is 6.54 Å². The highest BCUT2D eigenvalue weighted by Crippen LogP contribution is 2.39. The fourth-order valence-electron chi connectivity index (χ4n) is 4.52. The molecule has 0 aromatic heterocycles. The zero-order valence-corrected chi connectivity index (χ0v) is 19.5. The first-order valence-corrected chi connectivity index (χ1v) is 11.3. The largest absolute Gasteiger partial charge is 0.292 e. The summed E-state index contributed by atoms with van der Waals surface area (Å²) in [6.45, 7) is 5.26. The fraction of sp³-hybridized carbons (Fsp3) is 0.308. The standard InChI is InChI=1S/C26H25ClN2O4/c1-15-11-12-18(13-17(15)3)22(30)14-28(24(31)19-8-4-5-10-21(19)27)29-25(32)20-9-6-7-16(2)23(20)26(29)33/h4-8,10-13,16,20,23H,9,14H2,1-3H3/t16-,20+,23+/m0/s1. The van der Waals surface area contributed by atoms with Gasteiger partial charge >= 0.3 is 0 Å². The molecule has 0 N–H and O–H groups in total. The van der Waals surface area contributed by atoms with Gasteiger partial charge in [0.05, 0.1) is 22.4 Å². The maximum atomic E-state index is 13.5. The molecule has 0 spiro atoms. The molecule has 2 aliphatic rings. The van der Waals surface area contributed by atoms with Crippen molar-refractivity contribution in [2.45, 2.75) is 27.2 Å². The third-order valence-electron chi connectivity index (χ3n) is 6.55. The maximum absolute atomic E-state index is 13.5. The average Bonchev–Trinajstić information content (AvgIpc) is 3.04. The van der Waals surface area contributed by atoms with Crippen LogP contribution in [0.1, 0.15) is 45.2 Å². The maximum Gasteiger partial charge on any atom is 0.274 e. The lowest BCUT2D eigenvalue weighted by molar-refractivity contribution is -0.154. The van der Waals surface area contributed by atoms with Crippen LogP contribution in [0, 0.1) is 31.6 Å². The summed E-state index contributed by atoms with van der Waals surface area (Å²) in [5.41, 5.74) is 2.49. The van der Waals surface area contributed by atoms with E-state index >= 15 is 0 Å². The highest BCUT2D eigenvalue weighted by atomic mass is 35.5. The first-order valence-electron chi connectivity index (χ1n) is 10.9. The number of ketones is 1. The Kier molecular flexibility index (Phi) is 6.21. The monoisotopic (exact) mass is 464 g/mol. The van der Waals surface area contributed by atoms with Crippen molar-refractivity contribution in [2.24, 2.45) is 17.8 Å². The van der Waals surface area contributed by atoms with Crippen LogP contribution in [-0.4, -0.2) is 40.1 Å². The van der Waals surface area contributed by atoms with Crippen molar-refractivity contribution in [3.63, 3.8) is 0 Å². The Morgan fingerprint density at radius 1 is 1.06 bits per heavy atom. The Morgan fingerprint density at radius 3 is 2.45 bits per heavy atom. The van der Waals surface area contributed by atoms with Crippen LogP contribution in [0.2, 0.25) is 5.02 Å². The number of carbonyl (C=O) groups is 4. The zero-order valence-electron chi connectivity index (χ0n) is 18.7. The van der Waals surface area contributed by atoms with Crippen molar-refractivity contribution in [1.29, 1.82) is 0 Å². The lowest BCUT2D eigenvalue weighted by Crippen LogP contribution is -2.52. The molecule has 2 aromatic rings. The summed E-state index contributed by atoms with van der Waals surface area (Å²) < 4.78 is 0. The van der Waals surface area contributed by atoms with E-state index in [0.29, 0.717) is 12.0 Å². The van der Waals surface area contributed by atoms with Gasteiger partial charge in [-0.2, -0.15) is 5.01 Å². The van der Waals surface area contributed by atoms with Gasteiger partial charge < -0.3 is 0 Å². The predicted octanol–water partition coefficient (Wildman–Crippen LogP) is 4.39. The van der Waals surface area contributed by atoms with Gasteiger partial charge in [0, 0.05) is 5.56 Å². The lowest BCUT2D eigenvalue weighted by Gasteiger charge is -2.30. The molecule has 2 aromatic carbocycles. The molecule has 1 saturated heterocycles. The average molecular weight is 465 g/mol. The van der Waals surface area contributed by atoms with Gasteiger partial charge in [0.15, 0.2) is 5.78 Å². The molecule has 4 rings (SSSR count). The summed E-state index contributed by atoms with van der Waals surface area (Å²) in [6.07, 6.45) is 4.23. The third kappa shape index (κ3) is 4.11. The summed E-state index contributed by atoms with van der Waals surface area (Å²) in [5.74, 6) is -3.21. The molecule has 1 aliphatic carbocycles. The number of fused-ring (bicyclic) bond motifs is 1. The predicted molar refractivity (Wildman–Crippen MR) is 124 cm³/mol. The second-order valence-electron chi connectivity index (χ2n) is 8.71. The van der Waals surface area contributed by atoms with Gasteiger partial charge in [-0.3, -0.25) is 19.2 Å². The van der Waals surface area contributed by atoms with Gasteiger partial charge in [0.25, 0.3) is 17.7 Å². The van der Waals surface area contributed by atoms with Crippen LogP contribution in [0.15, 0.2) is 54.6 Å². The summed E-state index contributed by atoms with van der Waals surface area (Å²) in [4.78, 5) is 53.4. The number of allylic oxidation sites excluding steroid dienone is 2. The quantitative estimate of drug-likeness (QED) is 0.373. The zero-order chi connectivity index (χ0) is 23.9. The molecule has 170 valence electrons. The lowest BCUT2D eigenvalue weighted by atomic mass is 9.78. The van der Waals surface area contributed by atoms with Gasteiger partial charge in [-0.1, -0.05) is 54.9 Å². The second kappa shape index (κ2) is 8.94. The number of hydrogen-bond acceptors (Lipinski definition) is 4. The normalized spacial score (nSPS) is 21.8. The number of benzene rings is 2. The number of imide groups is 1. The molecule has 1 fully saturated rings. The van der Waals surface area contributed by atoms with Crippen LogP contribution >= 0.6 is 11.6 Å². The SMILES string of the molecule is Cc1ccc(C(=O)CN(C(=O)c2ccccc2Cl)N2C(=O)[C@@H]3[C@@H](C)C=CC[C@H]3C2=O)cc1C. The molecule has 1 heterocycles. The Bertz CT molecular complexity index is 1190. The number of Topliss-reactive ketones (excluding diaryl/α,β-unsaturated/α-hetero) is 1. The number of hydrazine groups is 1. The van der Waals surface area contributed by atoms with Crippen LogP contribution in [0.5, 0.6) is 0 Å². The number of halogens is 1. The van der Waals surface area contributed by atoms with E-state index < -0.39 is 36.1 Å². The molecule has 0 unspecified atom stereocenters. The van der Waals surface area contributed by atoms with Crippen molar-refractivity contribution >= 4 is 35.1 Å². The number of rotatable bonds is 5. The van der Waals surface area contributed by atoms with E-state index in [4.69, 9.17) is 11.6 Å². The molecule has 33 heavy (non-hydrogen) atoms. The van der Waals surface area contributed by atoms with E-state index in [1.165, 1.54) is 6.07 Å². The van der Waals surface area contributed by atoms with Crippen LogP contribution in [0.3, 0.4) is 0 Å². The van der Waals surface area contributed by atoms with Crippen molar-refractivity contribution in [3.05, 3.63) is 81.9 Å². The fourth-order valence-corrected chi connectivity index (χ4v) is 4.73. The van der Waals surface area contributed by atoms with Crippen LogP contribution in [-0.2, 0) is 9.59 Å². The topological polar surface area (TPSA) is 74.8 Å². The van der Waals surface area contributed by atoms with Crippen molar-refractivity contribution in [3.8, 4) is 0 Å². The number of amides is 3. The molecule has 0 saturated carbocycles. The van der Waals surface area contributed by atoms with Gasteiger partial charge in [-0.15, -0.1) is 0 Å². The summed E-state index contributed by atoms with van der Waals surface area (Å²) >= 11 is 6.25. The minimum absolute atomic E-state index is 0.119. The second-order valence-corrected chi connectivity index (χ2v) is 9.12. The first kappa shape index (κ1) is 22.9. The van der Waals surface area contributed by atoms with Crippen molar-refractivity contribution < 1.29 is 19.2 Å². The number of aryl methyl sites for hydroxylation is 2. The molecular weight excluding hydrogens is 440 g/mol. The Labute approximate surface area is 197 Å². The van der Waals surface area contributed by atoms with E-state index in [1.807, 2.05) is 39.0 Å². The highest BCUT2D eigenvalue weighted by Gasteiger charge is 2.53. The summed E-state index contributed by atoms with van der Waals surface area (Å²) in [5, 5.41) is 2.02. The molecular formula is C26H25ClN2O4. The van der Waals surface area contributed by atoms with Gasteiger partial charge in [-0.25, -0.2) is 5.01 Å². The Morgan fingerprint density at radius 2 is 1.79 bits per heavy atom. The molecule has 3 atom stereocenters. The smallest absolute Gasteiger partial charge is 0.274 e. The van der Waals surface area contributed by atoms with Crippen molar-refractivity contribution in [2.75, 3.05) is 6.54 Å². The molecule has 0 radical (unpaired) electrons. The Balaban J connectivity index is 1.73. The van der Waals surface area contributed by atoms with E-state index in [9.17, 15) is 19.2 Å². The minimum atomic E-state index is -0.668. The summed E-state index contributed by atoms with van der Waals surface area (Å²) in [6, 6.07) is 11.6. The highest BCUT2D eigenvalue weighted by molar-refractivity contribution is 6.34. The van der Waals surface area contributed by atoms with Crippen molar-refractivity contribution in [1.82, 2.24) is 10.0 Å². The van der Waals surface area contributed by atoms with E-state index in [-0.39, 0.29) is 22.3 Å². The first-order chi connectivity index (χ1) is 15.7. The number of hydrogen-bond donors (Lipinski definition) is 0.